The molecule has 100 valence electrons. The first-order valence-electron chi connectivity index (χ1n) is 6.65. The minimum absolute atomic E-state index is 0.514. The number of hydrogen-bond donors (Lipinski definition) is 1. The number of aryl methyl sites for hydroxylation is 2. The first-order chi connectivity index (χ1) is 9.72. The third kappa shape index (κ3) is 1.90. The van der Waals surface area contributed by atoms with E-state index >= 15 is 0 Å². The lowest BCUT2D eigenvalue weighted by molar-refractivity contribution is 1.11. The topological polar surface area (TPSA) is 64.7 Å². The minimum Gasteiger partial charge on any atom is -0.383 e. The molecule has 0 spiro atoms. The van der Waals surface area contributed by atoms with Crippen molar-refractivity contribution in [3.05, 3.63) is 48.0 Å². The van der Waals surface area contributed by atoms with E-state index in [4.69, 9.17) is 5.73 Å². The summed E-state index contributed by atoms with van der Waals surface area (Å²) in [6.45, 7) is 4.19. The second-order valence-corrected chi connectivity index (χ2v) is 4.78. The maximum atomic E-state index is 6.08. The summed E-state index contributed by atoms with van der Waals surface area (Å²) in [5.41, 5.74) is 10.4. The normalized spacial score (nSPS) is 10.9. The molecule has 20 heavy (non-hydrogen) atoms. The van der Waals surface area contributed by atoms with Crippen LogP contribution >= 0.6 is 0 Å². The van der Waals surface area contributed by atoms with Gasteiger partial charge in [-0.3, -0.25) is 9.97 Å². The summed E-state index contributed by atoms with van der Waals surface area (Å²) in [4.78, 5) is 12.9. The van der Waals surface area contributed by atoms with Gasteiger partial charge in [0.25, 0.3) is 0 Å². The van der Waals surface area contributed by atoms with Gasteiger partial charge >= 0.3 is 0 Å². The highest BCUT2D eigenvalue weighted by Crippen LogP contribution is 2.31. The molecule has 0 radical (unpaired) electrons. The zero-order chi connectivity index (χ0) is 14.1. The van der Waals surface area contributed by atoms with Crippen molar-refractivity contribution in [3.63, 3.8) is 0 Å². The highest BCUT2D eigenvalue weighted by atomic mass is 14.9. The Kier molecular flexibility index (Phi) is 3.06. The van der Waals surface area contributed by atoms with Crippen LogP contribution in [0.4, 0.5) is 5.82 Å². The third-order valence-corrected chi connectivity index (χ3v) is 3.64. The Hall–Kier alpha value is -2.49. The number of pyridine rings is 3. The van der Waals surface area contributed by atoms with Crippen LogP contribution in [0.1, 0.15) is 18.1 Å². The van der Waals surface area contributed by atoms with Gasteiger partial charge in [0.1, 0.15) is 5.82 Å². The molecule has 0 amide bonds. The summed E-state index contributed by atoms with van der Waals surface area (Å²) in [6, 6.07) is 4.01. The fourth-order valence-electron chi connectivity index (χ4n) is 2.52. The molecule has 4 nitrogen and oxygen atoms in total. The number of rotatable bonds is 2. The maximum Gasteiger partial charge on any atom is 0.133 e. The first-order valence-corrected chi connectivity index (χ1v) is 6.65. The monoisotopic (exact) mass is 264 g/mol. The van der Waals surface area contributed by atoms with Gasteiger partial charge in [-0.25, -0.2) is 4.98 Å². The number of hydrogen-bond acceptors (Lipinski definition) is 4. The van der Waals surface area contributed by atoms with Crippen LogP contribution in [0.2, 0.25) is 0 Å². The van der Waals surface area contributed by atoms with Crippen LogP contribution in [0.5, 0.6) is 0 Å². The molecule has 0 aliphatic heterocycles. The Labute approximate surface area is 117 Å². The average Bonchev–Trinajstić information content (AvgIpc) is 2.51. The number of fused-ring (bicyclic) bond motifs is 1. The lowest BCUT2D eigenvalue weighted by Crippen LogP contribution is -2.00. The number of nitrogens with two attached hydrogens (primary N) is 1. The fraction of sp³-hybridized carbons (Fsp3) is 0.188. The zero-order valence-corrected chi connectivity index (χ0v) is 11.6. The molecule has 0 aliphatic carbocycles. The van der Waals surface area contributed by atoms with Gasteiger partial charge in [0, 0.05) is 35.7 Å². The van der Waals surface area contributed by atoms with Gasteiger partial charge in [-0.2, -0.15) is 0 Å². The van der Waals surface area contributed by atoms with Crippen LogP contribution in [-0.2, 0) is 6.42 Å². The molecule has 0 unspecified atom stereocenters. The summed E-state index contributed by atoms with van der Waals surface area (Å²) in [5, 5.41) is 1.99. The van der Waals surface area contributed by atoms with E-state index in [1.54, 1.807) is 12.4 Å². The number of nitrogens with zero attached hydrogens (tertiary/aromatic N) is 3. The van der Waals surface area contributed by atoms with Crippen molar-refractivity contribution in [1.82, 2.24) is 15.0 Å². The van der Waals surface area contributed by atoms with Gasteiger partial charge in [0.05, 0.1) is 5.69 Å². The largest absolute Gasteiger partial charge is 0.383 e. The minimum atomic E-state index is 0.514. The van der Waals surface area contributed by atoms with E-state index in [1.165, 1.54) is 5.56 Å². The van der Waals surface area contributed by atoms with Crippen LogP contribution in [-0.4, -0.2) is 15.0 Å². The molecule has 0 fully saturated rings. The van der Waals surface area contributed by atoms with Crippen molar-refractivity contribution in [2.24, 2.45) is 0 Å². The van der Waals surface area contributed by atoms with E-state index in [9.17, 15) is 0 Å². The van der Waals surface area contributed by atoms with Gasteiger partial charge in [0.2, 0.25) is 0 Å². The molecule has 0 atom stereocenters. The van der Waals surface area contributed by atoms with Gasteiger partial charge in [0.15, 0.2) is 0 Å². The molecule has 0 saturated heterocycles. The summed E-state index contributed by atoms with van der Waals surface area (Å²) in [7, 11) is 0. The molecule has 0 aliphatic rings. The summed E-state index contributed by atoms with van der Waals surface area (Å²) in [5.74, 6) is 0.514. The van der Waals surface area contributed by atoms with Crippen LogP contribution in [0.3, 0.4) is 0 Å². The number of nitrogen functional groups attached to an aromatic ring is 1. The second kappa shape index (κ2) is 4.89. The van der Waals surface area contributed by atoms with E-state index < -0.39 is 0 Å². The van der Waals surface area contributed by atoms with E-state index in [0.29, 0.717) is 5.82 Å². The highest BCUT2D eigenvalue weighted by molar-refractivity contribution is 5.96. The Morgan fingerprint density at radius 1 is 1.05 bits per heavy atom. The molecular formula is C16H16N4. The predicted octanol–water partition coefficient (Wildman–Crippen LogP) is 3.14. The van der Waals surface area contributed by atoms with Gasteiger partial charge in [-0.1, -0.05) is 6.92 Å². The van der Waals surface area contributed by atoms with Crippen molar-refractivity contribution in [2.75, 3.05) is 5.73 Å². The summed E-state index contributed by atoms with van der Waals surface area (Å²) < 4.78 is 0. The third-order valence-electron chi connectivity index (χ3n) is 3.64. The standard InChI is InChI=1S/C16H16N4/c1-3-11-4-6-18-8-13(11)15-10(2)12-5-7-19-9-14(12)16(17)20-15/h4-9H,3H2,1-2H3,(H2,17,20). The first kappa shape index (κ1) is 12.5. The molecule has 3 aromatic rings. The smallest absolute Gasteiger partial charge is 0.133 e. The number of aromatic nitrogens is 3. The van der Waals surface area contributed by atoms with Crippen LogP contribution in [0, 0.1) is 6.92 Å². The second-order valence-electron chi connectivity index (χ2n) is 4.78. The van der Waals surface area contributed by atoms with Crippen molar-refractivity contribution in [3.8, 4) is 11.3 Å². The predicted molar refractivity (Wildman–Crippen MR) is 81.3 cm³/mol. The van der Waals surface area contributed by atoms with Gasteiger partial charge in [-0.15, -0.1) is 0 Å². The van der Waals surface area contributed by atoms with E-state index in [1.807, 2.05) is 24.5 Å². The quantitative estimate of drug-likeness (QED) is 0.772. The maximum absolute atomic E-state index is 6.08. The van der Waals surface area contributed by atoms with Gasteiger partial charge < -0.3 is 5.73 Å². The SMILES string of the molecule is CCc1ccncc1-c1nc(N)c2cnccc2c1C. The van der Waals surface area contributed by atoms with E-state index in [0.717, 1.165) is 34.0 Å². The lowest BCUT2D eigenvalue weighted by atomic mass is 9.98. The average molecular weight is 264 g/mol. The zero-order valence-electron chi connectivity index (χ0n) is 11.6. The Balaban J connectivity index is 2.35. The van der Waals surface area contributed by atoms with Crippen LogP contribution in [0.15, 0.2) is 36.9 Å². The van der Waals surface area contributed by atoms with Crippen LogP contribution < -0.4 is 5.73 Å². The molecule has 2 N–H and O–H groups in total. The Morgan fingerprint density at radius 3 is 2.60 bits per heavy atom. The molecular weight excluding hydrogens is 248 g/mol. The van der Waals surface area contributed by atoms with Crippen molar-refractivity contribution < 1.29 is 0 Å². The van der Waals surface area contributed by atoms with Gasteiger partial charge in [-0.05, 0) is 42.0 Å². The molecule has 3 aromatic heterocycles. The lowest BCUT2D eigenvalue weighted by Gasteiger charge is -2.13. The van der Waals surface area contributed by atoms with E-state index in [2.05, 4.69) is 28.8 Å². The van der Waals surface area contributed by atoms with Crippen molar-refractivity contribution in [1.29, 1.82) is 0 Å². The van der Waals surface area contributed by atoms with Crippen LogP contribution in [0.25, 0.3) is 22.0 Å². The Morgan fingerprint density at radius 2 is 1.80 bits per heavy atom. The Bertz CT molecular complexity index is 781. The molecule has 4 heteroatoms. The van der Waals surface area contributed by atoms with E-state index in [-0.39, 0.29) is 0 Å². The molecule has 3 heterocycles. The fourth-order valence-corrected chi connectivity index (χ4v) is 2.52. The van der Waals surface area contributed by atoms with Crippen molar-refractivity contribution in [2.45, 2.75) is 20.3 Å². The van der Waals surface area contributed by atoms with Crippen molar-refractivity contribution >= 4 is 16.6 Å². The highest BCUT2D eigenvalue weighted by Gasteiger charge is 2.13. The molecule has 0 bridgehead atoms. The molecule has 0 aromatic carbocycles. The molecule has 3 rings (SSSR count). The molecule has 0 saturated carbocycles. The number of anilines is 1. The summed E-state index contributed by atoms with van der Waals surface area (Å²) >= 11 is 0. The summed E-state index contributed by atoms with van der Waals surface area (Å²) in [6.07, 6.45) is 8.15.